The number of anilines is 1. The van der Waals surface area contributed by atoms with E-state index in [9.17, 15) is 33.6 Å². The van der Waals surface area contributed by atoms with Gasteiger partial charge in [0.2, 0.25) is 17.7 Å². The van der Waals surface area contributed by atoms with Crippen LogP contribution in [0.4, 0.5) is 17.1 Å². The number of imide groups is 1. The van der Waals surface area contributed by atoms with Gasteiger partial charge in [-0.25, -0.2) is 0 Å². The van der Waals surface area contributed by atoms with Gasteiger partial charge in [0, 0.05) is 80.2 Å². The maximum absolute atomic E-state index is 13.9. The number of amides is 6. The molecule has 10 rings (SSSR count). The van der Waals surface area contributed by atoms with Crippen molar-refractivity contribution >= 4 is 81.9 Å². The van der Waals surface area contributed by atoms with Gasteiger partial charge in [-0.3, -0.25) is 48.4 Å². The minimum Gasteiger partial charge on any atom is -0.497 e. The first-order chi connectivity index (χ1) is 44.0. The number of Topliss-reactive ketones (excluding diaryl/α,β-unsaturated/α-hetero) is 1. The van der Waals surface area contributed by atoms with Crippen LogP contribution >= 0.6 is 0 Å². The van der Waals surface area contributed by atoms with Gasteiger partial charge in [0.05, 0.1) is 75.2 Å². The topological polar surface area (TPSA) is 266 Å². The molecule has 470 valence electrons. The number of methoxy groups -OCH3 is 3. The van der Waals surface area contributed by atoms with Crippen molar-refractivity contribution in [3.8, 4) is 40.6 Å². The lowest BCUT2D eigenvalue weighted by Crippen LogP contribution is -2.53. The zero-order valence-corrected chi connectivity index (χ0v) is 51.6. The second-order valence-corrected chi connectivity index (χ2v) is 23.2. The number of nitrogens with zero attached hydrogens (tertiary/aromatic N) is 5. The molecular weight excluding hydrogens is 1160 g/mol. The van der Waals surface area contributed by atoms with Crippen LogP contribution in [0.25, 0.3) is 11.1 Å². The predicted molar refractivity (Wildman–Crippen MR) is 341 cm³/mol. The maximum Gasteiger partial charge on any atom is 0.296 e. The quantitative estimate of drug-likeness (QED) is 0.0363. The number of allylic oxidation sites excluding steroid dienone is 2. The van der Waals surface area contributed by atoms with Crippen molar-refractivity contribution in [2.24, 2.45) is 27.7 Å². The lowest BCUT2D eigenvalue weighted by Gasteiger charge is -2.30. The van der Waals surface area contributed by atoms with Crippen molar-refractivity contribution in [2.45, 2.75) is 96.7 Å². The molecule has 0 aromatic heterocycles. The predicted octanol–water partition coefficient (Wildman–Crippen LogP) is 10.3. The third kappa shape index (κ3) is 15.0. The molecule has 21 heteroatoms. The molecule has 0 fully saturated rings. The molecule has 0 saturated carbocycles. The molecule has 0 bridgehead atoms. The second kappa shape index (κ2) is 28.9. The van der Waals surface area contributed by atoms with Crippen LogP contribution in [0.3, 0.4) is 0 Å². The van der Waals surface area contributed by atoms with Gasteiger partial charge in [0.15, 0.2) is 34.5 Å². The van der Waals surface area contributed by atoms with Crippen LogP contribution in [0.5, 0.6) is 34.5 Å². The summed E-state index contributed by atoms with van der Waals surface area (Å²) >= 11 is 0. The molecule has 5 atom stereocenters. The van der Waals surface area contributed by atoms with E-state index >= 15 is 0 Å². The van der Waals surface area contributed by atoms with E-state index in [1.807, 2.05) is 54.9 Å². The molecule has 5 aliphatic rings. The molecule has 5 aromatic rings. The van der Waals surface area contributed by atoms with Crippen molar-refractivity contribution in [3.63, 3.8) is 0 Å². The molecule has 0 spiro atoms. The number of unbranched alkanes of at least 4 members (excludes halogenated alkanes) is 2. The molecule has 4 heterocycles. The number of ketones is 1. The van der Waals surface area contributed by atoms with Gasteiger partial charge in [0.1, 0.15) is 23.6 Å². The molecule has 91 heavy (non-hydrogen) atoms. The Balaban J connectivity index is 0.665. The standard InChI is InChI=1S/C70H72N8O13/c1-41(2)66(76-64(80)11-8-7-9-26-77-65(81)36-63(70(77)85)91-53-22-12-43(37-71)13-23-53)68(83)74-42(3)67(82)75-50-20-16-44(17-21-50)46-14-15-47-31-58(79)54-32-59(87-5)61(34-56(54)72-38-48(47)29-46)89-27-10-28-90-62-35-57-55(33-60(62)88-6)69(84)78-40-49(30-51(78)39-73-57)45-18-24-52(86-4)25-19-45/h12-14,16-25,32-36,38-42,47-48,51,66H,7-11,15,26-31H2,1-6H3,(H,74,83)(H,75,82)(H,76,80)/t42-,47?,48+,51+,66-/m1/s1. The number of fused-ring (bicyclic) bond motifs is 4. The largest absolute Gasteiger partial charge is 0.497 e. The Morgan fingerprint density at radius 2 is 1.32 bits per heavy atom. The van der Waals surface area contributed by atoms with Crippen molar-refractivity contribution < 1.29 is 62.0 Å². The van der Waals surface area contributed by atoms with Crippen LogP contribution < -0.4 is 44.4 Å². The molecule has 5 aromatic carbocycles. The summed E-state index contributed by atoms with van der Waals surface area (Å²) < 4.78 is 34.7. The van der Waals surface area contributed by atoms with Gasteiger partial charge in [-0.15, -0.1) is 0 Å². The zero-order valence-electron chi connectivity index (χ0n) is 51.6. The summed E-state index contributed by atoms with van der Waals surface area (Å²) in [7, 11) is 4.68. The third-order valence-corrected chi connectivity index (χ3v) is 16.7. The van der Waals surface area contributed by atoms with Gasteiger partial charge in [-0.05, 0) is 127 Å². The lowest BCUT2D eigenvalue weighted by molar-refractivity contribution is -0.138. The summed E-state index contributed by atoms with van der Waals surface area (Å²) in [6.07, 6.45) is 13.1. The Kier molecular flexibility index (Phi) is 20.2. The average molecular weight is 1230 g/mol. The van der Waals surface area contributed by atoms with Crippen LogP contribution in [0.1, 0.15) is 116 Å². The molecule has 21 nitrogen and oxygen atoms in total. The number of nitrogens with one attached hydrogen (secondary N) is 3. The van der Waals surface area contributed by atoms with E-state index in [-0.39, 0.29) is 73.3 Å². The van der Waals surface area contributed by atoms with Gasteiger partial charge in [-0.2, -0.15) is 5.26 Å². The number of nitriles is 1. The smallest absolute Gasteiger partial charge is 0.296 e. The minimum atomic E-state index is -0.938. The van der Waals surface area contributed by atoms with Gasteiger partial charge >= 0.3 is 0 Å². The highest BCUT2D eigenvalue weighted by Gasteiger charge is 2.36. The number of aliphatic imine (C=N–C) groups is 2. The Hall–Kier alpha value is -10.4. The minimum absolute atomic E-state index is 0.0316. The Labute approximate surface area is 527 Å². The number of benzene rings is 5. The van der Waals surface area contributed by atoms with E-state index in [1.54, 1.807) is 87.5 Å². The van der Waals surface area contributed by atoms with Gasteiger partial charge < -0.3 is 49.3 Å². The summed E-state index contributed by atoms with van der Waals surface area (Å²) in [4.78, 5) is 106. The molecule has 0 radical (unpaired) electrons. The van der Waals surface area contributed by atoms with E-state index in [4.69, 9.17) is 43.7 Å². The number of hydrogen-bond donors (Lipinski definition) is 3. The van der Waals surface area contributed by atoms with Crippen molar-refractivity contribution in [1.29, 1.82) is 5.26 Å². The van der Waals surface area contributed by atoms with Crippen LogP contribution in [-0.4, -0.2) is 123 Å². The van der Waals surface area contributed by atoms with Gasteiger partial charge in [0.25, 0.3) is 17.7 Å². The molecule has 6 amide bonds. The highest BCUT2D eigenvalue weighted by Crippen LogP contribution is 2.43. The summed E-state index contributed by atoms with van der Waals surface area (Å²) in [5.41, 5.74) is 6.86. The Morgan fingerprint density at radius 3 is 1.99 bits per heavy atom. The molecule has 4 aliphatic heterocycles. The first kappa shape index (κ1) is 63.7. The van der Waals surface area contributed by atoms with Crippen LogP contribution in [-0.2, 0) is 24.0 Å². The summed E-state index contributed by atoms with van der Waals surface area (Å²) in [6.45, 7) is 5.80. The number of hydrogen-bond acceptors (Lipinski definition) is 16. The van der Waals surface area contributed by atoms with Crippen LogP contribution in [0, 0.1) is 29.1 Å². The fourth-order valence-corrected chi connectivity index (χ4v) is 11.5. The molecule has 1 aliphatic carbocycles. The van der Waals surface area contributed by atoms with E-state index in [0.29, 0.717) is 114 Å². The summed E-state index contributed by atoms with van der Waals surface area (Å²) in [5.74, 6) is -0.241. The third-order valence-electron chi connectivity index (χ3n) is 16.7. The van der Waals surface area contributed by atoms with E-state index in [1.165, 1.54) is 26.4 Å². The first-order valence-electron chi connectivity index (χ1n) is 30.5. The van der Waals surface area contributed by atoms with Crippen molar-refractivity contribution in [1.82, 2.24) is 20.4 Å². The monoisotopic (exact) mass is 1230 g/mol. The van der Waals surface area contributed by atoms with Crippen LogP contribution in [0.2, 0.25) is 0 Å². The highest BCUT2D eigenvalue weighted by molar-refractivity contribution is 6.15. The molecule has 3 N–H and O–H groups in total. The fraction of sp³-hybridized carbons (Fsp3) is 0.343. The highest BCUT2D eigenvalue weighted by atomic mass is 16.5. The number of carbonyl (C=O) groups excluding carboxylic acids is 7. The second-order valence-electron chi connectivity index (χ2n) is 23.2. The van der Waals surface area contributed by atoms with Gasteiger partial charge in [-0.1, -0.05) is 50.6 Å². The SMILES string of the molecule is COc1ccc(C2=CN3C(=O)c4cc(OC)c(OCCCOc5cc6c(cc5OC)C(=O)CC5CC=C(c7ccc(NC(=O)[C@@H](C)NC(=O)[C@H](NC(=O)CCCCCN8C(=O)C=C(Oc9ccc(C#N)cc9)C8=O)C(C)C)cc7)C[C@H]5C=N6)cc4N=C[C@@H]3C2)cc1. The van der Waals surface area contributed by atoms with E-state index < -0.39 is 35.7 Å². The fourth-order valence-electron chi connectivity index (χ4n) is 11.5. The number of rotatable bonds is 25. The number of ether oxygens (including phenoxy) is 6. The zero-order chi connectivity index (χ0) is 64.3. The van der Waals surface area contributed by atoms with Crippen molar-refractivity contribution in [2.75, 3.05) is 46.4 Å². The average Bonchev–Trinajstić information content (AvgIpc) is 2.17. The lowest BCUT2D eigenvalue weighted by atomic mass is 9.75. The Bertz CT molecular complexity index is 3830. The molecule has 1 unspecified atom stereocenters. The normalized spacial score (nSPS) is 17.9. The molecule has 0 saturated heterocycles. The van der Waals surface area contributed by atoms with E-state index in [2.05, 4.69) is 22.0 Å². The number of carbonyl (C=O) groups is 7. The summed E-state index contributed by atoms with van der Waals surface area (Å²) in [5, 5.41) is 17.4. The maximum atomic E-state index is 13.9. The summed E-state index contributed by atoms with van der Waals surface area (Å²) in [6, 6.07) is 28.1. The van der Waals surface area contributed by atoms with E-state index in [0.717, 1.165) is 39.0 Å². The molecular formula is C70H72N8O13. The van der Waals surface area contributed by atoms with Crippen LogP contribution in [0.15, 0.2) is 131 Å². The van der Waals surface area contributed by atoms with Crippen molar-refractivity contribution in [3.05, 3.63) is 149 Å². The Morgan fingerprint density at radius 1 is 0.670 bits per heavy atom. The first-order valence-corrected chi connectivity index (χ1v) is 30.5.